The highest BCUT2D eigenvalue weighted by Gasteiger charge is 2.33. The van der Waals surface area contributed by atoms with Crippen LogP contribution in [0.1, 0.15) is 48.4 Å². The molecule has 2 aliphatic heterocycles. The van der Waals surface area contributed by atoms with E-state index in [1.54, 1.807) is 4.90 Å². The molecule has 4 heterocycles. The molecule has 10 heteroatoms. The number of anilines is 1. The van der Waals surface area contributed by atoms with E-state index in [0.717, 1.165) is 37.9 Å². The number of imidazole rings is 1. The molecule has 0 spiro atoms. The van der Waals surface area contributed by atoms with Gasteiger partial charge in [0.1, 0.15) is 6.61 Å². The van der Waals surface area contributed by atoms with Crippen LogP contribution in [0.5, 0.6) is 6.01 Å². The van der Waals surface area contributed by atoms with E-state index in [4.69, 9.17) is 19.8 Å². The third kappa shape index (κ3) is 4.72. The number of amides is 1. The lowest BCUT2D eigenvalue weighted by atomic mass is 9.98. The van der Waals surface area contributed by atoms with Crippen LogP contribution in [0, 0.1) is 11.3 Å². The van der Waals surface area contributed by atoms with E-state index in [1.807, 2.05) is 10.7 Å². The lowest BCUT2D eigenvalue weighted by Gasteiger charge is -2.40. The molecule has 3 aliphatic rings. The van der Waals surface area contributed by atoms with Crippen molar-refractivity contribution >= 4 is 17.4 Å². The second-order valence-corrected chi connectivity index (χ2v) is 10.7. The topological polar surface area (TPSA) is 103 Å². The fourth-order valence-corrected chi connectivity index (χ4v) is 6.34. The average Bonchev–Trinajstić information content (AvgIpc) is 3.69. The van der Waals surface area contributed by atoms with Crippen molar-refractivity contribution in [1.29, 1.82) is 5.26 Å². The minimum absolute atomic E-state index is 0.157. The fourth-order valence-electron chi connectivity index (χ4n) is 6.34. The third-order valence-corrected chi connectivity index (χ3v) is 8.48. The van der Waals surface area contributed by atoms with Crippen molar-refractivity contribution in [3.8, 4) is 12.1 Å². The Labute approximate surface area is 228 Å². The molecule has 2 aromatic heterocycles. The van der Waals surface area contributed by atoms with Gasteiger partial charge in [0.05, 0.1) is 30.4 Å². The minimum atomic E-state index is -0.267. The van der Waals surface area contributed by atoms with Crippen LogP contribution < -0.4 is 9.64 Å². The molecule has 2 fully saturated rings. The molecular weight excluding hydrogens is 492 g/mol. The number of nitriles is 1. The van der Waals surface area contributed by atoms with Crippen molar-refractivity contribution in [2.45, 2.75) is 50.1 Å². The first-order valence-electron chi connectivity index (χ1n) is 13.8. The van der Waals surface area contributed by atoms with Crippen LogP contribution in [0.25, 0.3) is 5.65 Å². The Bertz CT molecular complexity index is 1430. The number of aryl methyl sites for hydroxylation is 1. The van der Waals surface area contributed by atoms with Crippen LogP contribution in [0.3, 0.4) is 0 Å². The van der Waals surface area contributed by atoms with Gasteiger partial charge >= 0.3 is 6.01 Å². The Hall–Kier alpha value is -3.97. The number of fused-ring (bicyclic) bond motifs is 2. The number of likely N-dealkylation sites (N-methyl/N-ethyl adjacent to an activating group) is 1. The first-order chi connectivity index (χ1) is 19.1. The molecule has 0 saturated carbocycles. The van der Waals surface area contributed by atoms with Gasteiger partial charge in [-0.05, 0) is 56.5 Å². The normalized spacial score (nSPS) is 23.1. The highest BCUT2D eigenvalue weighted by molar-refractivity contribution is 5.87. The molecule has 1 aromatic carbocycles. The molecule has 0 bridgehead atoms. The zero-order valence-corrected chi connectivity index (χ0v) is 22.4. The highest BCUT2D eigenvalue weighted by atomic mass is 16.5. The Morgan fingerprint density at radius 3 is 2.90 bits per heavy atom. The van der Waals surface area contributed by atoms with Gasteiger partial charge in [0, 0.05) is 31.6 Å². The van der Waals surface area contributed by atoms with E-state index in [0.29, 0.717) is 49.8 Å². The predicted octanol–water partition coefficient (Wildman–Crippen LogP) is 2.79. The number of hydrogen-bond donors (Lipinski definition) is 0. The number of nitrogens with zero attached hydrogens (tertiary/aromatic N) is 8. The maximum atomic E-state index is 12.5. The van der Waals surface area contributed by atoms with Crippen molar-refractivity contribution in [3.63, 3.8) is 0 Å². The number of carbonyl (C=O) groups is 1. The van der Waals surface area contributed by atoms with E-state index < -0.39 is 0 Å². The van der Waals surface area contributed by atoms with Gasteiger partial charge in [-0.15, -0.1) is 5.10 Å². The summed E-state index contributed by atoms with van der Waals surface area (Å²) in [4.78, 5) is 28.3. The second kappa shape index (κ2) is 10.7. The van der Waals surface area contributed by atoms with E-state index in [2.05, 4.69) is 53.8 Å². The zero-order valence-electron chi connectivity index (χ0n) is 22.4. The SMILES string of the molecule is C=CC(=O)N1CCN(c2nc(OC[C@@H]3CCCN3C)nn3c(C4CCc5ccccc54)cnc23)C[C@@H]1CC#N. The molecule has 1 aliphatic carbocycles. The lowest BCUT2D eigenvalue weighted by Crippen LogP contribution is -2.55. The van der Waals surface area contributed by atoms with E-state index in [-0.39, 0.29) is 24.3 Å². The fraction of sp³-hybridized carbons (Fsp3) is 0.483. The third-order valence-electron chi connectivity index (χ3n) is 8.48. The number of rotatable bonds is 7. The molecule has 0 N–H and O–H groups in total. The molecule has 2 saturated heterocycles. The molecule has 10 nitrogen and oxygen atoms in total. The standard InChI is InChI=1S/C29H34N8O2/c1-3-26(38)36-16-15-35(18-21(36)12-13-30)28-27-31-17-25(24-11-10-20-7-4-5-9-23(20)24)37(27)33-29(32-28)39-19-22-8-6-14-34(22)2/h3-5,7,9,17,21-22,24H,1,6,8,10-12,14-16,18-19H2,2H3/t21-,22-,24?/m0/s1. The smallest absolute Gasteiger partial charge is 0.336 e. The van der Waals surface area contributed by atoms with Crippen molar-refractivity contribution < 1.29 is 9.53 Å². The monoisotopic (exact) mass is 526 g/mol. The molecule has 202 valence electrons. The molecule has 39 heavy (non-hydrogen) atoms. The van der Waals surface area contributed by atoms with Crippen LogP contribution in [-0.4, -0.2) is 87.2 Å². The van der Waals surface area contributed by atoms with Crippen LogP contribution >= 0.6 is 0 Å². The average molecular weight is 527 g/mol. The van der Waals surface area contributed by atoms with Gasteiger partial charge < -0.3 is 19.4 Å². The van der Waals surface area contributed by atoms with E-state index >= 15 is 0 Å². The van der Waals surface area contributed by atoms with Gasteiger partial charge in [-0.3, -0.25) is 4.79 Å². The van der Waals surface area contributed by atoms with Crippen LogP contribution in [0.15, 0.2) is 43.1 Å². The zero-order chi connectivity index (χ0) is 26.9. The van der Waals surface area contributed by atoms with Crippen molar-refractivity contribution in [3.05, 3.63) is 59.9 Å². The summed E-state index contributed by atoms with van der Waals surface area (Å²) < 4.78 is 8.14. The van der Waals surface area contributed by atoms with Crippen LogP contribution in [0.2, 0.25) is 0 Å². The number of carbonyl (C=O) groups excluding carboxylic acids is 1. The summed E-state index contributed by atoms with van der Waals surface area (Å²) in [6.07, 6.45) is 7.74. The van der Waals surface area contributed by atoms with Gasteiger partial charge in [-0.2, -0.15) is 10.2 Å². The number of piperazine rings is 1. The Kier molecular flexibility index (Phi) is 6.92. The molecule has 6 rings (SSSR count). The maximum Gasteiger partial charge on any atom is 0.336 e. The summed E-state index contributed by atoms with van der Waals surface area (Å²) >= 11 is 0. The summed E-state index contributed by atoms with van der Waals surface area (Å²) in [5, 5.41) is 14.3. The van der Waals surface area contributed by atoms with Crippen molar-refractivity contribution in [2.75, 3.05) is 44.7 Å². The number of ether oxygens (including phenoxy) is 1. The van der Waals surface area contributed by atoms with Crippen molar-refractivity contribution in [2.24, 2.45) is 0 Å². The summed E-state index contributed by atoms with van der Waals surface area (Å²) in [6.45, 7) is 6.73. The van der Waals surface area contributed by atoms with Gasteiger partial charge in [0.15, 0.2) is 11.5 Å². The summed E-state index contributed by atoms with van der Waals surface area (Å²) in [5.74, 6) is 0.711. The van der Waals surface area contributed by atoms with Gasteiger partial charge in [-0.1, -0.05) is 30.8 Å². The first-order valence-corrected chi connectivity index (χ1v) is 13.8. The van der Waals surface area contributed by atoms with Gasteiger partial charge in [0.2, 0.25) is 5.91 Å². The Morgan fingerprint density at radius 2 is 2.10 bits per heavy atom. The predicted molar refractivity (Wildman–Crippen MR) is 147 cm³/mol. The maximum absolute atomic E-state index is 12.5. The van der Waals surface area contributed by atoms with Crippen LogP contribution in [0.4, 0.5) is 5.82 Å². The lowest BCUT2D eigenvalue weighted by molar-refractivity contribution is -0.128. The van der Waals surface area contributed by atoms with Crippen LogP contribution in [-0.2, 0) is 11.2 Å². The Morgan fingerprint density at radius 1 is 1.23 bits per heavy atom. The molecule has 1 unspecified atom stereocenters. The molecule has 0 radical (unpaired) electrons. The van der Waals surface area contributed by atoms with Gasteiger partial charge in [-0.25, -0.2) is 9.50 Å². The largest absolute Gasteiger partial charge is 0.461 e. The highest BCUT2D eigenvalue weighted by Crippen LogP contribution is 2.39. The summed E-state index contributed by atoms with van der Waals surface area (Å²) in [7, 11) is 2.13. The summed E-state index contributed by atoms with van der Waals surface area (Å²) in [5.41, 5.74) is 4.38. The molecule has 1 amide bonds. The van der Waals surface area contributed by atoms with E-state index in [1.165, 1.54) is 17.2 Å². The number of aromatic nitrogens is 4. The minimum Gasteiger partial charge on any atom is -0.461 e. The molecular formula is C29H34N8O2. The van der Waals surface area contributed by atoms with Gasteiger partial charge in [0.25, 0.3) is 0 Å². The second-order valence-electron chi connectivity index (χ2n) is 10.7. The Balaban J connectivity index is 1.37. The number of hydrogen-bond acceptors (Lipinski definition) is 8. The van der Waals surface area contributed by atoms with Crippen molar-refractivity contribution in [1.82, 2.24) is 29.4 Å². The quantitative estimate of drug-likeness (QED) is 0.433. The van der Waals surface area contributed by atoms with E-state index in [9.17, 15) is 10.1 Å². The molecule has 3 atom stereocenters. The number of benzene rings is 1. The molecule has 3 aromatic rings. The number of likely N-dealkylation sites (tertiary alicyclic amines) is 1. The summed E-state index contributed by atoms with van der Waals surface area (Å²) in [6, 6.07) is 11.2. The first kappa shape index (κ1) is 25.3.